The third-order valence-corrected chi connectivity index (χ3v) is 3.57. The maximum atomic E-state index is 11.9. The van der Waals surface area contributed by atoms with Gasteiger partial charge in [0.1, 0.15) is 0 Å². The number of hydrogen-bond donors (Lipinski definition) is 3. The second-order valence-corrected chi connectivity index (χ2v) is 6.13. The molecule has 0 rings (SSSR count). The van der Waals surface area contributed by atoms with Gasteiger partial charge in [-0.1, -0.05) is 18.6 Å². The number of ether oxygens (including phenoxy) is 1. The fourth-order valence-corrected chi connectivity index (χ4v) is 1.90. The topological polar surface area (TPSA) is 133 Å². The number of allylic oxidation sites excluding steroid dienone is 2. The second kappa shape index (κ2) is 9.99. The summed E-state index contributed by atoms with van der Waals surface area (Å²) in [6.07, 6.45) is 3.99. The van der Waals surface area contributed by atoms with Crippen LogP contribution in [0.2, 0.25) is 0 Å². The van der Waals surface area contributed by atoms with Gasteiger partial charge < -0.3 is 21.3 Å². The first-order chi connectivity index (χ1) is 10.6. The predicted molar refractivity (Wildman–Crippen MR) is 86.4 cm³/mol. The number of carbonyl (C=O) groups excluding carboxylic acids is 2. The van der Waals surface area contributed by atoms with E-state index in [0.717, 1.165) is 12.8 Å². The maximum Gasteiger partial charge on any atom is 0.337 e. The highest BCUT2D eigenvalue weighted by atomic mass is 16.5. The van der Waals surface area contributed by atoms with Gasteiger partial charge in [0.25, 0.3) is 0 Å². The van der Waals surface area contributed by atoms with Gasteiger partial charge in [0.2, 0.25) is 11.4 Å². The molecule has 23 heavy (non-hydrogen) atoms. The molecule has 1 unspecified atom stereocenters. The molecule has 7 heteroatoms. The van der Waals surface area contributed by atoms with Crippen LogP contribution >= 0.6 is 0 Å². The summed E-state index contributed by atoms with van der Waals surface area (Å²) in [5.74, 6) is -2.95. The van der Waals surface area contributed by atoms with Crippen LogP contribution in [0.3, 0.4) is 0 Å². The predicted octanol–water partition coefficient (Wildman–Crippen LogP) is 1.35. The Labute approximate surface area is 137 Å². The van der Waals surface area contributed by atoms with Crippen LogP contribution in [0.4, 0.5) is 0 Å². The molecule has 132 valence electrons. The van der Waals surface area contributed by atoms with E-state index in [1.165, 1.54) is 5.57 Å². The van der Waals surface area contributed by atoms with E-state index in [2.05, 4.69) is 6.08 Å². The van der Waals surface area contributed by atoms with Crippen molar-refractivity contribution in [2.75, 3.05) is 6.61 Å². The molecule has 0 fully saturated rings. The lowest BCUT2D eigenvalue weighted by Crippen LogP contribution is -2.56. The Hall–Kier alpha value is -1.89. The van der Waals surface area contributed by atoms with Gasteiger partial charge in [0.15, 0.2) is 0 Å². The molecule has 0 heterocycles. The van der Waals surface area contributed by atoms with E-state index >= 15 is 0 Å². The molecule has 7 nitrogen and oxygen atoms in total. The van der Waals surface area contributed by atoms with E-state index in [1.807, 2.05) is 20.8 Å². The lowest BCUT2D eigenvalue weighted by atomic mass is 9.94. The summed E-state index contributed by atoms with van der Waals surface area (Å²) < 4.78 is 4.99. The minimum absolute atomic E-state index is 0.0949. The highest BCUT2D eigenvalue weighted by molar-refractivity contribution is 6.04. The molecule has 0 spiro atoms. The van der Waals surface area contributed by atoms with Crippen molar-refractivity contribution in [3.63, 3.8) is 0 Å². The van der Waals surface area contributed by atoms with Crippen molar-refractivity contribution < 1.29 is 24.2 Å². The van der Waals surface area contributed by atoms with Crippen molar-refractivity contribution in [1.29, 1.82) is 0 Å². The van der Waals surface area contributed by atoms with Gasteiger partial charge in [-0.2, -0.15) is 0 Å². The van der Waals surface area contributed by atoms with Crippen LogP contribution in [0, 0.1) is 5.92 Å². The number of carboxylic acid groups (broad SMARTS) is 1. The number of rotatable bonds is 11. The Bertz CT molecular complexity index is 457. The number of nitrogens with two attached hydrogens (primary N) is 2. The lowest BCUT2D eigenvalue weighted by molar-refractivity contribution is -0.161. The number of carbonyl (C=O) groups is 3. The first-order valence-corrected chi connectivity index (χ1v) is 7.70. The zero-order chi connectivity index (χ0) is 18.0. The Balaban J connectivity index is 4.35. The summed E-state index contributed by atoms with van der Waals surface area (Å²) in [6.45, 7) is 6.20. The molecule has 0 saturated carbocycles. The van der Waals surface area contributed by atoms with E-state index < -0.39 is 23.4 Å². The number of amides is 1. The van der Waals surface area contributed by atoms with Crippen LogP contribution in [-0.2, 0) is 19.1 Å². The molecule has 0 saturated heterocycles. The SMILES string of the molecule is CC(C)=CCCC(C)CCOC(=O)[C@](N)(CCC(N)=O)C(=O)O. The molecule has 0 aromatic heterocycles. The van der Waals surface area contributed by atoms with Crippen LogP contribution in [0.25, 0.3) is 0 Å². The van der Waals surface area contributed by atoms with Gasteiger partial charge in [0.05, 0.1) is 6.61 Å². The van der Waals surface area contributed by atoms with E-state index in [9.17, 15) is 14.4 Å². The second-order valence-electron chi connectivity index (χ2n) is 6.13. The van der Waals surface area contributed by atoms with Crippen LogP contribution in [0.1, 0.15) is 52.9 Å². The number of hydrogen-bond acceptors (Lipinski definition) is 5. The molecule has 0 bridgehead atoms. The summed E-state index contributed by atoms with van der Waals surface area (Å²) >= 11 is 0. The van der Waals surface area contributed by atoms with Crippen molar-refractivity contribution in [2.45, 2.75) is 58.4 Å². The Kier molecular flexibility index (Phi) is 9.17. The summed E-state index contributed by atoms with van der Waals surface area (Å²) in [5.41, 5.74) is 9.56. The minimum atomic E-state index is -2.24. The van der Waals surface area contributed by atoms with Gasteiger partial charge in [-0.3, -0.25) is 4.79 Å². The van der Waals surface area contributed by atoms with Crippen molar-refractivity contribution in [1.82, 2.24) is 0 Å². The smallest absolute Gasteiger partial charge is 0.337 e. The molecule has 0 aliphatic heterocycles. The van der Waals surface area contributed by atoms with Crippen LogP contribution in [0.5, 0.6) is 0 Å². The Morgan fingerprint density at radius 3 is 2.35 bits per heavy atom. The molecule has 1 amide bonds. The van der Waals surface area contributed by atoms with E-state index in [4.69, 9.17) is 21.3 Å². The average molecular weight is 328 g/mol. The van der Waals surface area contributed by atoms with Crippen molar-refractivity contribution >= 4 is 17.8 Å². The number of primary amides is 1. The monoisotopic (exact) mass is 328 g/mol. The first kappa shape index (κ1) is 21.1. The minimum Gasteiger partial charge on any atom is -0.479 e. The molecule has 5 N–H and O–H groups in total. The fraction of sp³-hybridized carbons (Fsp3) is 0.688. The van der Waals surface area contributed by atoms with Crippen molar-refractivity contribution in [3.8, 4) is 0 Å². The normalized spacial score (nSPS) is 14.4. The molecular weight excluding hydrogens is 300 g/mol. The first-order valence-electron chi connectivity index (χ1n) is 7.70. The largest absolute Gasteiger partial charge is 0.479 e. The van der Waals surface area contributed by atoms with E-state index in [-0.39, 0.29) is 19.4 Å². The zero-order valence-corrected chi connectivity index (χ0v) is 14.1. The highest BCUT2D eigenvalue weighted by Crippen LogP contribution is 2.15. The highest BCUT2D eigenvalue weighted by Gasteiger charge is 2.44. The van der Waals surface area contributed by atoms with Crippen LogP contribution in [0.15, 0.2) is 11.6 Å². The molecule has 0 aromatic rings. The quantitative estimate of drug-likeness (QED) is 0.298. The zero-order valence-electron chi connectivity index (χ0n) is 14.1. The average Bonchev–Trinajstić information content (AvgIpc) is 2.43. The maximum absolute atomic E-state index is 11.9. The van der Waals surface area contributed by atoms with Gasteiger partial charge in [-0.15, -0.1) is 0 Å². The Morgan fingerprint density at radius 2 is 1.87 bits per heavy atom. The van der Waals surface area contributed by atoms with Crippen molar-refractivity contribution in [3.05, 3.63) is 11.6 Å². The Morgan fingerprint density at radius 1 is 1.26 bits per heavy atom. The lowest BCUT2D eigenvalue weighted by Gasteiger charge is -2.22. The molecular formula is C16H28N2O5. The molecule has 0 radical (unpaired) electrons. The van der Waals surface area contributed by atoms with E-state index in [1.54, 1.807) is 0 Å². The standard InChI is InChI=1S/C16H28N2O5/c1-11(2)5-4-6-12(3)8-10-23-15(22)16(18,14(20)21)9-7-13(17)19/h5,12H,4,6-10,18H2,1-3H3,(H2,17,19)(H,20,21)/t12?,16-/m0/s1. The van der Waals surface area contributed by atoms with E-state index in [0.29, 0.717) is 12.3 Å². The summed E-state index contributed by atoms with van der Waals surface area (Å²) in [4.78, 5) is 33.9. The van der Waals surface area contributed by atoms with Gasteiger partial charge in [0, 0.05) is 6.42 Å². The fourth-order valence-electron chi connectivity index (χ4n) is 1.90. The van der Waals surface area contributed by atoms with Crippen LogP contribution < -0.4 is 11.5 Å². The third-order valence-electron chi connectivity index (χ3n) is 3.57. The summed E-state index contributed by atoms with van der Waals surface area (Å²) in [7, 11) is 0. The van der Waals surface area contributed by atoms with Crippen LogP contribution in [-0.4, -0.2) is 35.1 Å². The molecule has 0 aliphatic carbocycles. The summed E-state index contributed by atoms with van der Waals surface area (Å²) in [5, 5.41) is 9.11. The van der Waals surface area contributed by atoms with Gasteiger partial charge in [-0.05, 0) is 45.4 Å². The number of aliphatic carboxylic acids is 1. The number of carboxylic acids is 1. The van der Waals surface area contributed by atoms with Gasteiger partial charge in [-0.25, -0.2) is 9.59 Å². The third kappa shape index (κ3) is 8.35. The van der Waals surface area contributed by atoms with Crippen molar-refractivity contribution in [2.24, 2.45) is 17.4 Å². The summed E-state index contributed by atoms with van der Waals surface area (Å²) in [6, 6.07) is 0. The number of esters is 1. The molecule has 2 atom stereocenters. The van der Waals surface area contributed by atoms with Gasteiger partial charge >= 0.3 is 11.9 Å². The molecule has 0 aromatic carbocycles. The molecule has 0 aliphatic rings.